The normalized spacial score (nSPS) is 24.1. The van der Waals surface area contributed by atoms with E-state index in [-0.39, 0.29) is 13.1 Å². The Kier molecular flexibility index (Phi) is 2.21. The summed E-state index contributed by atoms with van der Waals surface area (Å²) < 4.78 is 36.3. The first-order chi connectivity index (χ1) is 5.29. The lowest BCUT2D eigenvalue weighted by atomic mass is 10.2. The van der Waals surface area contributed by atoms with Crippen LogP contribution in [0.3, 0.4) is 0 Å². The average Bonchev–Trinajstić information content (AvgIpc) is 1.83. The van der Waals surface area contributed by atoms with Crippen LogP contribution in [0.4, 0.5) is 4.39 Å². The van der Waals surface area contributed by atoms with Crippen LogP contribution in [0.2, 0.25) is 0 Å². The van der Waals surface area contributed by atoms with Crippen LogP contribution in [0.5, 0.6) is 0 Å². The van der Waals surface area contributed by atoms with Gasteiger partial charge in [0, 0.05) is 13.1 Å². The highest BCUT2D eigenvalue weighted by molar-refractivity contribution is 7.93. The first kappa shape index (κ1) is 9.92. The molecule has 0 spiro atoms. The summed E-state index contributed by atoms with van der Waals surface area (Å²) in [6, 6.07) is 0. The van der Waals surface area contributed by atoms with Crippen molar-refractivity contribution in [3.63, 3.8) is 0 Å². The van der Waals surface area contributed by atoms with E-state index in [9.17, 15) is 12.8 Å². The van der Waals surface area contributed by atoms with Crippen molar-refractivity contribution in [2.24, 2.45) is 0 Å². The molecule has 1 saturated heterocycles. The van der Waals surface area contributed by atoms with Gasteiger partial charge in [-0.25, -0.2) is 12.8 Å². The zero-order chi connectivity index (χ0) is 9.57. The van der Waals surface area contributed by atoms with Gasteiger partial charge in [-0.05, 0) is 20.9 Å². The molecule has 0 aromatic rings. The van der Waals surface area contributed by atoms with E-state index in [0.29, 0.717) is 0 Å². The van der Waals surface area contributed by atoms with Crippen LogP contribution in [0.15, 0.2) is 0 Å². The summed E-state index contributed by atoms with van der Waals surface area (Å²) in [5, 5.41) is -2.62. The van der Waals surface area contributed by atoms with Gasteiger partial charge in [0.05, 0.1) is 5.25 Å². The van der Waals surface area contributed by atoms with Crippen molar-refractivity contribution in [1.82, 2.24) is 4.90 Å². The van der Waals surface area contributed by atoms with Crippen molar-refractivity contribution in [1.29, 1.82) is 0 Å². The van der Waals surface area contributed by atoms with Crippen LogP contribution in [0.1, 0.15) is 13.8 Å². The monoisotopic (exact) mass is 195 g/mol. The Balaban J connectivity index is 2.84. The van der Waals surface area contributed by atoms with E-state index in [0.717, 1.165) is 0 Å². The molecule has 3 nitrogen and oxygen atoms in total. The summed E-state index contributed by atoms with van der Waals surface area (Å²) in [7, 11) is -1.88. The highest BCUT2D eigenvalue weighted by Gasteiger charge is 2.53. The highest BCUT2D eigenvalue weighted by atomic mass is 32.2. The minimum Gasteiger partial charge on any atom is -0.298 e. The van der Waals surface area contributed by atoms with Crippen molar-refractivity contribution >= 4 is 9.84 Å². The maximum Gasteiger partial charge on any atom is 0.235 e. The molecule has 0 unspecified atom stereocenters. The molecular formula is C7H14FNO2S. The number of rotatable bonds is 2. The van der Waals surface area contributed by atoms with Gasteiger partial charge in [0.1, 0.15) is 0 Å². The van der Waals surface area contributed by atoms with Gasteiger partial charge in [0.15, 0.2) is 9.84 Å². The van der Waals surface area contributed by atoms with Crippen LogP contribution in [-0.4, -0.2) is 43.7 Å². The van der Waals surface area contributed by atoms with Crippen molar-refractivity contribution in [3.05, 3.63) is 0 Å². The van der Waals surface area contributed by atoms with Crippen molar-refractivity contribution < 1.29 is 12.8 Å². The Hall–Kier alpha value is -0.160. The minimum atomic E-state index is -3.58. The van der Waals surface area contributed by atoms with E-state index >= 15 is 0 Å². The third-order valence-electron chi connectivity index (χ3n) is 2.14. The Morgan fingerprint density at radius 1 is 1.42 bits per heavy atom. The molecule has 1 aliphatic heterocycles. The zero-order valence-electron chi connectivity index (χ0n) is 7.54. The van der Waals surface area contributed by atoms with Gasteiger partial charge >= 0.3 is 0 Å². The molecule has 0 saturated carbocycles. The molecule has 0 bridgehead atoms. The standard InChI is InChI=1S/C7H14FNO2S/c1-6(2)12(10,11)7(8)4-9(3)5-7/h6H,4-5H2,1-3H3. The van der Waals surface area contributed by atoms with Gasteiger partial charge in [-0.15, -0.1) is 0 Å². The summed E-state index contributed by atoms with van der Waals surface area (Å²) in [5.74, 6) is 0. The van der Waals surface area contributed by atoms with E-state index in [4.69, 9.17) is 0 Å². The smallest absolute Gasteiger partial charge is 0.235 e. The second kappa shape index (κ2) is 2.67. The molecule has 0 radical (unpaired) electrons. The molecule has 0 amide bonds. The lowest BCUT2D eigenvalue weighted by Gasteiger charge is -2.42. The van der Waals surface area contributed by atoms with E-state index in [1.807, 2.05) is 0 Å². The van der Waals surface area contributed by atoms with Gasteiger partial charge < -0.3 is 0 Å². The maximum atomic E-state index is 13.6. The van der Waals surface area contributed by atoms with E-state index in [2.05, 4.69) is 0 Å². The Morgan fingerprint density at radius 2 is 1.83 bits per heavy atom. The SMILES string of the molecule is CC(C)S(=O)(=O)C1(F)CN(C)C1. The molecular weight excluding hydrogens is 181 g/mol. The molecule has 1 heterocycles. The quantitative estimate of drug-likeness (QED) is 0.641. The fourth-order valence-corrected chi connectivity index (χ4v) is 3.01. The maximum absolute atomic E-state index is 13.6. The number of hydrogen-bond donors (Lipinski definition) is 0. The first-order valence-corrected chi connectivity index (χ1v) is 5.45. The second-order valence-electron chi connectivity index (χ2n) is 3.65. The van der Waals surface area contributed by atoms with Gasteiger partial charge in [-0.1, -0.05) is 0 Å². The van der Waals surface area contributed by atoms with Gasteiger partial charge in [0.25, 0.3) is 0 Å². The molecule has 0 aromatic carbocycles. The summed E-state index contributed by atoms with van der Waals surface area (Å²) >= 11 is 0. The molecule has 72 valence electrons. The number of hydrogen-bond acceptors (Lipinski definition) is 3. The summed E-state index contributed by atoms with van der Waals surface area (Å²) in [6.45, 7) is 3.03. The molecule has 5 heteroatoms. The van der Waals surface area contributed by atoms with Crippen LogP contribution in [-0.2, 0) is 9.84 Å². The lowest BCUT2D eigenvalue weighted by molar-refractivity contribution is 0.0523. The molecule has 0 atom stereocenters. The van der Waals surface area contributed by atoms with Crippen LogP contribution < -0.4 is 0 Å². The highest BCUT2D eigenvalue weighted by Crippen LogP contribution is 2.32. The predicted octanol–water partition coefficient (Wildman–Crippen LogP) is 0.421. The number of halogens is 1. The van der Waals surface area contributed by atoms with Crippen molar-refractivity contribution in [2.45, 2.75) is 24.1 Å². The van der Waals surface area contributed by atoms with Crippen LogP contribution >= 0.6 is 0 Å². The lowest BCUT2D eigenvalue weighted by Crippen LogP contribution is -2.62. The number of alkyl halides is 1. The minimum absolute atomic E-state index is 0.00745. The van der Waals surface area contributed by atoms with Crippen molar-refractivity contribution in [2.75, 3.05) is 20.1 Å². The van der Waals surface area contributed by atoms with E-state index in [1.165, 1.54) is 13.8 Å². The molecule has 0 aliphatic carbocycles. The summed E-state index contributed by atoms with van der Waals surface area (Å²) in [6.07, 6.45) is 0. The topological polar surface area (TPSA) is 37.4 Å². The zero-order valence-corrected chi connectivity index (χ0v) is 8.36. The average molecular weight is 195 g/mol. The third-order valence-corrected chi connectivity index (χ3v) is 4.66. The fourth-order valence-electron chi connectivity index (χ4n) is 1.36. The molecule has 1 rings (SSSR count). The molecule has 0 aromatic heterocycles. The van der Waals surface area contributed by atoms with Crippen LogP contribution in [0, 0.1) is 0 Å². The van der Waals surface area contributed by atoms with Crippen molar-refractivity contribution in [3.8, 4) is 0 Å². The van der Waals surface area contributed by atoms with Gasteiger partial charge in [-0.2, -0.15) is 0 Å². The van der Waals surface area contributed by atoms with Gasteiger partial charge in [0.2, 0.25) is 5.00 Å². The number of likely N-dealkylation sites (tertiary alicyclic amines) is 1. The Labute approximate surface area is 72.5 Å². The Bertz CT molecular complexity index is 267. The molecule has 1 fully saturated rings. The molecule has 0 N–H and O–H groups in total. The molecule has 1 aliphatic rings. The number of sulfone groups is 1. The van der Waals surface area contributed by atoms with E-state index < -0.39 is 20.1 Å². The Morgan fingerprint density at radius 3 is 2.08 bits per heavy atom. The van der Waals surface area contributed by atoms with Crippen LogP contribution in [0.25, 0.3) is 0 Å². The third kappa shape index (κ3) is 1.25. The predicted molar refractivity (Wildman–Crippen MR) is 45.4 cm³/mol. The summed E-state index contributed by atoms with van der Waals surface area (Å²) in [5.41, 5.74) is 0. The number of nitrogens with zero attached hydrogens (tertiary/aromatic N) is 1. The van der Waals surface area contributed by atoms with E-state index in [1.54, 1.807) is 11.9 Å². The second-order valence-corrected chi connectivity index (χ2v) is 6.41. The van der Waals surface area contributed by atoms with Gasteiger partial charge in [-0.3, -0.25) is 4.90 Å². The molecule has 12 heavy (non-hydrogen) atoms. The fraction of sp³-hybridized carbons (Fsp3) is 1.00. The summed E-state index contributed by atoms with van der Waals surface area (Å²) in [4.78, 5) is 1.65. The first-order valence-electron chi connectivity index (χ1n) is 3.90. The largest absolute Gasteiger partial charge is 0.298 e.